The zero-order valence-corrected chi connectivity index (χ0v) is 13.9. The van der Waals surface area contributed by atoms with E-state index in [1.165, 1.54) is 0 Å². The maximum atomic E-state index is 12.7. The van der Waals surface area contributed by atoms with Gasteiger partial charge in [0.05, 0.1) is 22.9 Å². The second-order valence-corrected chi connectivity index (χ2v) is 5.89. The van der Waals surface area contributed by atoms with Gasteiger partial charge in [-0.1, -0.05) is 11.6 Å². The molecule has 0 fully saturated rings. The van der Waals surface area contributed by atoms with Gasteiger partial charge in [0.2, 0.25) is 0 Å². The highest BCUT2D eigenvalue weighted by Gasteiger charge is 2.19. The Bertz CT molecular complexity index is 1130. The number of aromatic nitrogens is 4. The van der Waals surface area contributed by atoms with E-state index in [9.17, 15) is 4.79 Å². The van der Waals surface area contributed by atoms with Crippen LogP contribution in [0.1, 0.15) is 0 Å². The van der Waals surface area contributed by atoms with Crippen LogP contribution in [0.2, 0.25) is 5.02 Å². The molecule has 0 spiro atoms. The maximum absolute atomic E-state index is 12.7. The number of nitrogens with one attached hydrogen (secondary N) is 1. The summed E-state index contributed by atoms with van der Waals surface area (Å²) in [5.41, 5.74) is 2.85. The number of anilines is 1. The molecule has 0 atom stereocenters. The van der Waals surface area contributed by atoms with Gasteiger partial charge in [0.1, 0.15) is 5.52 Å². The minimum absolute atomic E-state index is 0.368. The smallest absolute Gasteiger partial charge is 0.354 e. The fraction of sp³-hybridized carbons (Fsp3) is 0.118. The normalized spacial score (nSPS) is 11.3. The molecule has 120 valence electrons. The third-order valence-electron chi connectivity index (χ3n) is 4.12. The maximum Gasteiger partial charge on any atom is 0.354 e. The van der Waals surface area contributed by atoms with Crippen LogP contribution in [0.3, 0.4) is 0 Å². The molecule has 0 radical (unpaired) electrons. The first-order valence-electron chi connectivity index (χ1n) is 7.40. The number of hydrogen-bond donors (Lipinski definition) is 1. The van der Waals surface area contributed by atoms with Crippen LogP contribution in [0.25, 0.3) is 27.6 Å². The molecule has 0 amide bonds. The van der Waals surface area contributed by atoms with Gasteiger partial charge >= 0.3 is 5.69 Å². The summed E-state index contributed by atoms with van der Waals surface area (Å²) in [6.45, 7) is 0. The molecule has 7 heteroatoms. The van der Waals surface area contributed by atoms with Crippen molar-refractivity contribution in [2.24, 2.45) is 7.05 Å². The molecular formula is C17H14ClN5O. The fourth-order valence-corrected chi connectivity index (χ4v) is 3.26. The first kappa shape index (κ1) is 14.7. The third kappa shape index (κ3) is 2.00. The fourth-order valence-electron chi connectivity index (χ4n) is 3.09. The van der Waals surface area contributed by atoms with E-state index in [1.54, 1.807) is 30.1 Å². The quantitative estimate of drug-likeness (QED) is 0.610. The summed E-state index contributed by atoms with van der Waals surface area (Å²) in [5.74, 6) is 0.532. The van der Waals surface area contributed by atoms with E-state index < -0.39 is 0 Å². The summed E-state index contributed by atoms with van der Waals surface area (Å²) in [7, 11) is 3.69. The van der Waals surface area contributed by atoms with E-state index in [-0.39, 0.29) is 5.69 Å². The van der Waals surface area contributed by atoms with Gasteiger partial charge in [-0.15, -0.1) is 0 Å². The molecule has 0 aliphatic heterocycles. The largest absolute Gasteiger partial charge is 0.371 e. The Labute approximate surface area is 142 Å². The average Bonchev–Trinajstić information content (AvgIpc) is 2.87. The van der Waals surface area contributed by atoms with Gasteiger partial charge in [0.25, 0.3) is 0 Å². The van der Waals surface area contributed by atoms with Crippen LogP contribution in [-0.4, -0.2) is 26.1 Å². The summed E-state index contributed by atoms with van der Waals surface area (Å²) >= 11 is 6.20. The van der Waals surface area contributed by atoms with E-state index in [2.05, 4.69) is 15.3 Å². The van der Waals surface area contributed by atoms with Crippen molar-refractivity contribution in [3.63, 3.8) is 0 Å². The summed E-state index contributed by atoms with van der Waals surface area (Å²) in [5, 5.41) is 4.51. The highest BCUT2D eigenvalue weighted by molar-refractivity contribution is 6.31. The van der Waals surface area contributed by atoms with Crippen LogP contribution in [0.5, 0.6) is 0 Å². The van der Waals surface area contributed by atoms with Crippen molar-refractivity contribution in [2.75, 3.05) is 12.4 Å². The highest BCUT2D eigenvalue weighted by Crippen LogP contribution is 2.33. The predicted octanol–water partition coefficient (Wildman–Crippen LogP) is 2.97. The Hall–Kier alpha value is -2.86. The summed E-state index contributed by atoms with van der Waals surface area (Å²) < 4.78 is 3.58. The first-order valence-corrected chi connectivity index (χ1v) is 7.78. The molecule has 0 saturated carbocycles. The van der Waals surface area contributed by atoms with Crippen LogP contribution < -0.4 is 11.0 Å². The van der Waals surface area contributed by atoms with Crippen molar-refractivity contribution in [1.29, 1.82) is 0 Å². The number of nitrogens with zero attached hydrogens (tertiary/aromatic N) is 4. The molecule has 1 N–H and O–H groups in total. The van der Waals surface area contributed by atoms with Crippen molar-refractivity contribution in [1.82, 2.24) is 19.1 Å². The third-order valence-corrected chi connectivity index (χ3v) is 4.36. The van der Waals surface area contributed by atoms with Crippen LogP contribution >= 0.6 is 11.6 Å². The monoisotopic (exact) mass is 339 g/mol. The Morgan fingerprint density at radius 2 is 2.04 bits per heavy atom. The molecule has 1 aromatic carbocycles. The second-order valence-electron chi connectivity index (χ2n) is 5.46. The molecule has 0 aliphatic carbocycles. The highest BCUT2D eigenvalue weighted by atomic mass is 35.5. The van der Waals surface area contributed by atoms with Gasteiger partial charge in [-0.25, -0.2) is 4.79 Å². The zero-order chi connectivity index (χ0) is 16.8. The number of halogens is 1. The lowest BCUT2D eigenvalue weighted by molar-refractivity contribution is 0.937. The van der Waals surface area contributed by atoms with Crippen LogP contribution in [0.15, 0.2) is 47.5 Å². The minimum Gasteiger partial charge on any atom is -0.371 e. The number of pyridine rings is 1. The van der Waals surface area contributed by atoms with Crippen LogP contribution in [-0.2, 0) is 7.05 Å². The molecular weight excluding hydrogens is 326 g/mol. The van der Waals surface area contributed by atoms with E-state index in [1.807, 2.05) is 35.9 Å². The molecule has 0 saturated heterocycles. The Morgan fingerprint density at radius 1 is 1.21 bits per heavy atom. The van der Waals surface area contributed by atoms with E-state index in [0.717, 1.165) is 21.9 Å². The van der Waals surface area contributed by atoms with E-state index in [0.29, 0.717) is 16.5 Å². The molecule has 4 aromatic rings. The van der Waals surface area contributed by atoms with Crippen molar-refractivity contribution in [3.05, 3.63) is 58.2 Å². The standard InChI is InChI=1S/C17H14ClN5O/c1-19-16-15-14(12-8-10(18)5-6-13(12)22(15)2)23(17(24)21-16)11-4-3-7-20-9-11/h3-9H,1-2H3,(H,19,21,24). The van der Waals surface area contributed by atoms with Gasteiger partial charge in [0.15, 0.2) is 5.82 Å². The number of fused-ring (bicyclic) bond motifs is 3. The molecule has 0 unspecified atom stereocenters. The van der Waals surface area contributed by atoms with Gasteiger partial charge in [-0.3, -0.25) is 9.55 Å². The van der Waals surface area contributed by atoms with E-state index in [4.69, 9.17) is 11.6 Å². The second kappa shape index (κ2) is 5.35. The Balaban J connectivity index is 2.31. The minimum atomic E-state index is -0.368. The number of benzene rings is 1. The Morgan fingerprint density at radius 3 is 2.75 bits per heavy atom. The average molecular weight is 340 g/mol. The SMILES string of the molecule is CNc1nc(=O)n(-c2cccnc2)c2c3cc(Cl)ccc3n(C)c12. The van der Waals surface area contributed by atoms with Gasteiger partial charge in [0, 0.05) is 30.7 Å². The Kier molecular flexibility index (Phi) is 3.28. The molecule has 6 nitrogen and oxygen atoms in total. The molecule has 0 bridgehead atoms. The van der Waals surface area contributed by atoms with Crippen molar-refractivity contribution >= 4 is 39.4 Å². The van der Waals surface area contributed by atoms with Crippen molar-refractivity contribution < 1.29 is 0 Å². The van der Waals surface area contributed by atoms with Crippen LogP contribution in [0.4, 0.5) is 5.82 Å². The van der Waals surface area contributed by atoms with Gasteiger partial charge in [-0.2, -0.15) is 4.98 Å². The van der Waals surface area contributed by atoms with Crippen molar-refractivity contribution in [2.45, 2.75) is 0 Å². The zero-order valence-electron chi connectivity index (χ0n) is 13.1. The first-order chi connectivity index (χ1) is 11.6. The number of rotatable bonds is 2. The van der Waals surface area contributed by atoms with Crippen LogP contribution in [0, 0.1) is 0 Å². The topological polar surface area (TPSA) is 64.7 Å². The molecule has 3 heterocycles. The lowest BCUT2D eigenvalue weighted by atomic mass is 10.2. The van der Waals surface area contributed by atoms with Gasteiger partial charge in [-0.05, 0) is 30.3 Å². The molecule has 3 aromatic heterocycles. The summed E-state index contributed by atoms with van der Waals surface area (Å²) in [6.07, 6.45) is 3.31. The van der Waals surface area contributed by atoms with E-state index >= 15 is 0 Å². The lowest BCUT2D eigenvalue weighted by Crippen LogP contribution is -2.23. The number of aryl methyl sites for hydroxylation is 1. The molecule has 24 heavy (non-hydrogen) atoms. The summed E-state index contributed by atoms with van der Waals surface area (Å²) in [6, 6.07) is 9.26. The lowest BCUT2D eigenvalue weighted by Gasteiger charge is -2.10. The molecule has 0 aliphatic rings. The molecule has 4 rings (SSSR count). The number of hydrogen-bond acceptors (Lipinski definition) is 4. The van der Waals surface area contributed by atoms with Crippen molar-refractivity contribution in [3.8, 4) is 5.69 Å². The van der Waals surface area contributed by atoms with Gasteiger partial charge < -0.3 is 9.88 Å². The predicted molar refractivity (Wildman–Crippen MR) is 96.2 cm³/mol. The summed E-state index contributed by atoms with van der Waals surface area (Å²) in [4.78, 5) is 21.0.